The third-order valence-electron chi connectivity index (χ3n) is 5.17. The van der Waals surface area contributed by atoms with Gasteiger partial charge in [-0.1, -0.05) is 5.16 Å². The summed E-state index contributed by atoms with van der Waals surface area (Å²) in [6, 6.07) is 7.48. The Hall–Kier alpha value is -2.45. The van der Waals surface area contributed by atoms with Crippen molar-refractivity contribution in [2.75, 3.05) is 33.3 Å². The molecule has 0 spiro atoms. The van der Waals surface area contributed by atoms with Crippen molar-refractivity contribution in [3.63, 3.8) is 0 Å². The fourth-order valence-electron chi connectivity index (χ4n) is 3.63. The van der Waals surface area contributed by atoms with Crippen LogP contribution in [-0.4, -0.2) is 71.3 Å². The molecule has 2 aromatic rings. The number of methoxy groups -OCH3 is 1. The van der Waals surface area contributed by atoms with Crippen LogP contribution < -0.4 is 4.74 Å². The van der Waals surface area contributed by atoms with Crippen molar-refractivity contribution >= 4 is 5.97 Å². The van der Waals surface area contributed by atoms with Crippen molar-refractivity contribution < 1.29 is 18.8 Å². The smallest absolute Gasteiger partial charge is 0.323 e. The highest BCUT2D eigenvalue weighted by Gasteiger charge is 2.37. The van der Waals surface area contributed by atoms with Gasteiger partial charge in [-0.3, -0.25) is 14.6 Å². The van der Waals surface area contributed by atoms with Crippen LogP contribution in [0.2, 0.25) is 0 Å². The summed E-state index contributed by atoms with van der Waals surface area (Å²) in [4.78, 5) is 20.9. The predicted molar refractivity (Wildman–Crippen MR) is 97.1 cm³/mol. The number of carbonyl (C=O) groups excluding carboxylic acids is 1. The van der Waals surface area contributed by atoms with Crippen LogP contribution in [0.3, 0.4) is 0 Å². The summed E-state index contributed by atoms with van der Waals surface area (Å²) >= 11 is 0. The van der Waals surface area contributed by atoms with E-state index < -0.39 is 0 Å². The number of rotatable bonds is 5. The van der Waals surface area contributed by atoms with Gasteiger partial charge in [0.2, 0.25) is 11.7 Å². The Morgan fingerprint density at radius 1 is 1.19 bits per heavy atom. The number of carbonyl (C=O) groups is 1. The van der Waals surface area contributed by atoms with Gasteiger partial charge in [-0.15, -0.1) is 0 Å². The second-order valence-corrected chi connectivity index (χ2v) is 7.05. The number of hydrogen-bond donors (Lipinski definition) is 0. The largest absolute Gasteiger partial charge is 0.497 e. The molecule has 2 unspecified atom stereocenters. The Morgan fingerprint density at radius 2 is 1.93 bits per heavy atom. The monoisotopic (exact) mass is 372 g/mol. The minimum absolute atomic E-state index is 0.0234. The van der Waals surface area contributed by atoms with Crippen LogP contribution in [0.15, 0.2) is 28.8 Å². The Morgan fingerprint density at radius 3 is 2.56 bits per heavy atom. The molecule has 0 saturated carbocycles. The van der Waals surface area contributed by atoms with Crippen LogP contribution >= 0.6 is 0 Å². The standard InChI is InChI=1S/C19H24N4O4/c1-13-11-16(19(24)26-13)23-9-7-22(8-10-23)12-17-20-18(21-27-17)14-3-5-15(25-2)6-4-14/h3-6,13,16H,7-12H2,1-2H3. The second-order valence-electron chi connectivity index (χ2n) is 7.05. The van der Waals surface area contributed by atoms with Crippen LogP contribution in [0.4, 0.5) is 0 Å². The number of aromatic nitrogens is 2. The van der Waals surface area contributed by atoms with Gasteiger partial charge in [0.05, 0.1) is 13.7 Å². The first kappa shape index (κ1) is 17.9. The molecule has 3 heterocycles. The van der Waals surface area contributed by atoms with E-state index in [4.69, 9.17) is 14.0 Å². The molecule has 0 aliphatic carbocycles. The highest BCUT2D eigenvalue weighted by molar-refractivity contribution is 5.78. The molecule has 2 atom stereocenters. The van der Waals surface area contributed by atoms with Crippen molar-refractivity contribution in [2.45, 2.75) is 32.0 Å². The van der Waals surface area contributed by atoms with Gasteiger partial charge in [0.15, 0.2) is 0 Å². The molecule has 1 aromatic carbocycles. The first-order valence-electron chi connectivity index (χ1n) is 9.26. The summed E-state index contributed by atoms with van der Waals surface area (Å²) in [5, 5.41) is 4.08. The van der Waals surface area contributed by atoms with Crippen molar-refractivity contribution in [3.8, 4) is 17.1 Å². The van der Waals surface area contributed by atoms with Gasteiger partial charge in [-0.25, -0.2) is 0 Å². The Labute approximate surface area is 158 Å². The molecule has 144 valence electrons. The number of hydrogen-bond acceptors (Lipinski definition) is 8. The van der Waals surface area contributed by atoms with Gasteiger partial charge in [0, 0.05) is 38.2 Å². The summed E-state index contributed by atoms with van der Waals surface area (Å²) in [7, 11) is 1.64. The predicted octanol–water partition coefficient (Wildman–Crippen LogP) is 1.57. The summed E-state index contributed by atoms with van der Waals surface area (Å²) in [6.07, 6.45) is 0.809. The molecule has 2 aliphatic heterocycles. The zero-order chi connectivity index (χ0) is 18.8. The number of benzene rings is 1. The zero-order valence-corrected chi connectivity index (χ0v) is 15.6. The zero-order valence-electron chi connectivity index (χ0n) is 15.6. The van der Waals surface area contributed by atoms with Gasteiger partial charge in [0.25, 0.3) is 0 Å². The quantitative estimate of drug-likeness (QED) is 0.732. The minimum atomic E-state index is -0.0905. The number of piperazine rings is 1. The number of nitrogens with zero attached hydrogens (tertiary/aromatic N) is 4. The Bertz CT molecular complexity index is 783. The number of esters is 1. The van der Waals surface area contributed by atoms with Crippen molar-refractivity contribution in [1.82, 2.24) is 19.9 Å². The van der Waals surface area contributed by atoms with E-state index in [1.165, 1.54) is 0 Å². The van der Waals surface area contributed by atoms with Crippen LogP contribution in [-0.2, 0) is 16.1 Å². The number of ether oxygens (including phenoxy) is 2. The fraction of sp³-hybridized carbons (Fsp3) is 0.526. The maximum absolute atomic E-state index is 11.9. The summed E-state index contributed by atoms with van der Waals surface area (Å²) in [6.45, 7) is 5.96. The first-order chi connectivity index (χ1) is 13.1. The van der Waals surface area contributed by atoms with E-state index in [0.29, 0.717) is 18.3 Å². The van der Waals surface area contributed by atoms with E-state index in [1.807, 2.05) is 31.2 Å². The fourth-order valence-corrected chi connectivity index (χ4v) is 3.63. The maximum Gasteiger partial charge on any atom is 0.323 e. The molecule has 2 aliphatic rings. The molecule has 4 rings (SSSR count). The van der Waals surface area contributed by atoms with Gasteiger partial charge in [-0.05, 0) is 31.2 Å². The molecule has 0 bridgehead atoms. The first-order valence-corrected chi connectivity index (χ1v) is 9.26. The van der Waals surface area contributed by atoms with Crippen LogP contribution in [0.25, 0.3) is 11.4 Å². The van der Waals surface area contributed by atoms with Crippen molar-refractivity contribution in [1.29, 1.82) is 0 Å². The van der Waals surface area contributed by atoms with E-state index in [1.54, 1.807) is 7.11 Å². The molecular weight excluding hydrogens is 348 g/mol. The van der Waals surface area contributed by atoms with E-state index in [2.05, 4.69) is 19.9 Å². The molecular formula is C19H24N4O4. The lowest BCUT2D eigenvalue weighted by Crippen LogP contribution is -2.51. The van der Waals surface area contributed by atoms with E-state index in [9.17, 15) is 4.79 Å². The SMILES string of the molecule is COc1ccc(-c2noc(CN3CCN(C4CC(C)OC4=O)CC3)n2)cc1. The maximum atomic E-state index is 11.9. The summed E-state index contributed by atoms with van der Waals surface area (Å²) in [5.41, 5.74) is 0.893. The lowest BCUT2D eigenvalue weighted by atomic mass is 10.1. The van der Waals surface area contributed by atoms with Gasteiger partial charge in [0.1, 0.15) is 17.9 Å². The molecule has 2 saturated heterocycles. The lowest BCUT2D eigenvalue weighted by molar-refractivity contribution is -0.145. The van der Waals surface area contributed by atoms with Crippen molar-refractivity contribution in [2.24, 2.45) is 0 Å². The highest BCUT2D eigenvalue weighted by atomic mass is 16.6. The van der Waals surface area contributed by atoms with E-state index in [0.717, 1.165) is 43.9 Å². The molecule has 8 nitrogen and oxygen atoms in total. The molecule has 8 heteroatoms. The average molecular weight is 372 g/mol. The molecule has 0 radical (unpaired) electrons. The normalized spacial score (nSPS) is 24.1. The van der Waals surface area contributed by atoms with Crippen LogP contribution in [0, 0.1) is 0 Å². The average Bonchev–Trinajstić information content (AvgIpc) is 3.28. The molecule has 0 amide bonds. The van der Waals surface area contributed by atoms with Crippen LogP contribution in [0.5, 0.6) is 5.75 Å². The Kier molecular flexibility index (Phi) is 5.09. The van der Waals surface area contributed by atoms with Gasteiger partial charge in [-0.2, -0.15) is 4.98 Å². The third-order valence-corrected chi connectivity index (χ3v) is 5.17. The number of cyclic esters (lactones) is 1. The highest BCUT2D eigenvalue weighted by Crippen LogP contribution is 2.22. The molecule has 1 aromatic heterocycles. The molecule has 27 heavy (non-hydrogen) atoms. The lowest BCUT2D eigenvalue weighted by Gasteiger charge is -2.35. The third kappa shape index (κ3) is 3.96. The Balaban J connectivity index is 1.32. The van der Waals surface area contributed by atoms with Gasteiger partial charge >= 0.3 is 5.97 Å². The van der Waals surface area contributed by atoms with E-state index >= 15 is 0 Å². The second kappa shape index (κ2) is 7.66. The minimum Gasteiger partial charge on any atom is -0.497 e. The molecule has 2 fully saturated rings. The summed E-state index contributed by atoms with van der Waals surface area (Å²) < 4.78 is 15.9. The molecule has 0 N–H and O–H groups in total. The van der Waals surface area contributed by atoms with Crippen molar-refractivity contribution in [3.05, 3.63) is 30.2 Å². The summed E-state index contributed by atoms with van der Waals surface area (Å²) in [5.74, 6) is 1.88. The van der Waals surface area contributed by atoms with Gasteiger partial charge < -0.3 is 14.0 Å². The topological polar surface area (TPSA) is 80.9 Å². The van der Waals surface area contributed by atoms with E-state index in [-0.39, 0.29) is 18.1 Å². The van der Waals surface area contributed by atoms with Crippen LogP contribution in [0.1, 0.15) is 19.2 Å².